The maximum atomic E-state index is 12.1. The summed E-state index contributed by atoms with van der Waals surface area (Å²) >= 11 is 0. The fraction of sp³-hybridized carbons (Fsp3) is 0.250. The molecule has 108 valence electrons. The van der Waals surface area contributed by atoms with Gasteiger partial charge in [-0.25, -0.2) is 0 Å². The maximum Gasteiger partial charge on any atom is 0.255 e. The van der Waals surface area contributed by atoms with Crippen LogP contribution in [0, 0.1) is 0 Å². The Kier molecular flexibility index (Phi) is 4.12. The molecule has 21 heavy (non-hydrogen) atoms. The van der Waals surface area contributed by atoms with Crippen molar-refractivity contribution in [2.75, 3.05) is 36.5 Å². The van der Waals surface area contributed by atoms with Gasteiger partial charge in [-0.15, -0.1) is 0 Å². The van der Waals surface area contributed by atoms with E-state index in [1.165, 1.54) is 0 Å². The number of ether oxygens (including phenoxy) is 1. The van der Waals surface area contributed by atoms with Crippen molar-refractivity contribution < 1.29 is 9.53 Å². The highest BCUT2D eigenvalue weighted by atomic mass is 16.5. The van der Waals surface area contributed by atoms with E-state index in [-0.39, 0.29) is 5.91 Å². The van der Waals surface area contributed by atoms with Crippen molar-refractivity contribution in [3.05, 3.63) is 54.4 Å². The lowest BCUT2D eigenvalue weighted by Crippen LogP contribution is -2.36. The minimum atomic E-state index is -0.128. The number of hydrogen-bond acceptors (Lipinski definition) is 4. The number of carbonyl (C=O) groups is 1. The summed E-state index contributed by atoms with van der Waals surface area (Å²) in [6, 6.07) is 11.2. The average Bonchev–Trinajstić information content (AvgIpc) is 2.57. The fourth-order valence-corrected chi connectivity index (χ4v) is 2.29. The number of morpholine rings is 1. The van der Waals surface area contributed by atoms with E-state index in [1.54, 1.807) is 18.5 Å². The molecule has 1 aromatic carbocycles. The lowest BCUT2D eigenvalue weighted by atomic mass is 10.1. The Bertz CT molecular complexity index is 593. The Morgan fingerprint density at radius 3 is 2.57 bits per heavy atom. The molecule has 1 amide bonds. The van der Waals surface area contributed by atoms with Crippen molar-refractivity contribution in [3.8, 4) is 0 Å². The van der Waals surface area contributed by atoms with Crippen LogP contribution in [0.2, 0.25) is 0 Å². The third kappa shape index (κ3) is 3.38. The first-order chi connectivity index (χ1) is 10.3. The molecule has 1 fully saturated rings. The molecule has 0 radical (unpaired) electrons. The number of amides is 1. The molecule has 0 aliphatic carbocycles. The van der Waals surface area contributed by atoms with Gasteiger partial charge in [0.05, 0.1) is 25.1 Å². The highest BCUT2D eigenvalue weighted by Crippen LogP contribution is 2.17. The van der Waals surface area contributed by atoms with E-state index >= 15 is 0 Å². The predicted molar refractivity (Wildman–Crippen MR) is 81.7 cm³/mol. The van der Waals surface area contributed by atoms with Crippen molar-refractivity contribution in [2.24, 2.45) is 0 Å². The SMILES string of the molecule is O=C(Nc1cccnc1)c1ccc(N2CCOCC2)cc1. The molecule has 0 bridgehead atoms. The minimum absolute atomic E-state index is 0.128. The van der Waals surface area contributed by atoms with Gasteiger partial charge in [0.1, 0.15) is 0 Å². The van der Waals surface area contributed by atoms with Gasteiger partial charge in [0.2, 0.25) is 0 Å². The Morgan fingerprint density at radius 1 is 1.14 bits per heavy atom. The zero-order valence-electron chi connectivity index (χ0n) is 11.7. The number of aromatic nitrogens is 1. The van der Waals surface area contributed by atoms with Crippen LogP contribution in [0.3, 0.4) is 0 Å². The van der Waals surface area contributed by atoms with E-state index in [0.29, 0.717) is 11.3 Å². The van der Waals surface area contributed by atoms with Gasteiger partial charge in [-0.3, -0.25) is 9.78 Å². The van der Waals surface area contributed by atoms with E-state index in [4.69, 9.17) is 4.74 Å². The van der Waals surface area contributed by atoms with Crippen LogP contribution in [0.1, 0.15) is 10.4 Å². The lowest BCUT2D eigenvalue weighted by Gasteiger charge is -2.28. The number of anilines is 2. The predicted octanol–water partition coefficient (Wildman–Crippen LogP) is 2.17. The normalized spacial score (nSPS) is 14.8. The zero-order chi connectivity index (χ0) is 14.5. The van der Waals surface area contributed by atoms with Crippen LogP contribution in [0.5, 0.6) is 0 Å². The Hall–Kier alpha value is -2.40. The van der Waals surface area contributed by atoms with Gasteiger partial charge in [-0.1, -0.05) is 0 Å². The molecule has 2 heterocycles. The second-order valence-electron chi connectivity index (χ2n) is 4.84. The van der Waals surface area contributed by atoms with Crippen LogP contribution in [0.25, 0.3) is 0 Å². The summed E-state index contributed by atoms with van der Waals surface area (Å²) in [6.45, 7) is 3.29. The fourth-order valence-electron chi connectivity index (χ4n) is 2.29. The highest BCUT2D eigenvalue weighted by Gasteiger charge is 2.12. The van der Waals surface area contributed by atoms with Gasteiger partial charge in [-0.2, -0.15) is 0 Å². The maximum absolute atomic E-state index is 12.1. The largest absolute Gasteiger partial charge is 0.378 e. The van der Waals surface area contributed by atoms with Crippen LogP contribution < -0.4 is 10.2 Å². The standard InChI is InChI=1S/C16H17N3O2/c20-16(18-14-2-1-7-17-12-14)13-3-5-15(6-4-13)19-8-10-21-11-9-19/h1-7,12H,8-11H2,(H,18,20). The summed E-state index contributed by atoms with van der Waals surface area (Å²) in [5, 5.41) is 2.82. The minimum Gasteiger partial charge on any atom is -0.378 e. The quantitative estimate of drug-likeness (QED) is 0.938. The molecule has 1 aromatic heterocycles. The molecule has 1 aliphatic heterocycles. The molecule has 1 saturated heterocycles. The van der Waals surface area contributed by atoms with Crippen LogP contribution in [0.4, 0.5) is 11.4 Å². The van der Waals surface area contributed by atoms with E-state index in [2.05, 4.69) is 15.2 Å². The molecule has 0 atom stereocenters. The van der Waals surface area contributed by atoms with Gasteiger partial charge in [0.25, 0.3) is 5.91 Å². The first-order valence-electron chi connectivity index (χ1n) is 6.97. The number of hydrogen-bond donors (Lipinski definition) is 1. The molecule has 3 rings (SSSR count). The smallest absolute Gasteiger partial charge is 0.255 e. The third-order valence-electron chi connectivity index (χ3n) is 3.43. The molecular weight excluding hydrogens is 266 g/mol. The summed E-state index contributed by atoms with van der Waals surface area (Å²) in [7, 11) is 0. The Balaban J connectivity index is 1.67. The van der Waals surface area contributed by atoms with Crippen LogP contribution in [-0.4, -0.2) is 37.2 Å². The topological polar surface area (TPSA) is 54.5 Å². The first kappa shape index (κ1) is 13.6. The summed E-state index contributed by atoms with van der Waals surface area (Å²) in [6.07, 6.45) is 3.30. The van der Waals surface area contributed by atoms with Gasteiger partial charge in [0.15, 0.2) is 0 Å². The van der Waals surface area contributed by atoms with Crippen molar-refractivity contribution in [1.29, 1.82) is 0 Å². The molecule has 2 aromatic rings. The van der Waals surface area contributed by atoms with Gasteiger partial charge >= 0.3 is 0 Å². The molecule has 0 unspecified atom stereocenters. The summed E-state index contributed by atoms with van der Waals surface area (Å²) in [5.41, 5.74) is 2.45. The van der Waals surface area contributed by atoms with E-state index in [0.717, 1.165) is 32.0 Å². The average molecular weight is 283 g/mol. The molecule has 1 aliphatic rings. The van der Waals surface area contributed by atoms with Crippen molar-refractivity contribution in [3.63, 3.8) is 0 Å². The van der Waals surface area contributed by atoms with Gasteiger partial charge in [0, 0.05) is 30.5 Å². The van der Waals surface area contributed by atoms with Crippen LogP contribution in [-0.2, 0) is 4.74 Å². The molecule has 0 saturated carbocycles. The Morgan fingerprint density at radius 2 is 1.90 bits per heavy atom. The molecule has 0 spiro atoms. The number of rotatable bonds is 3. The number of carbonyl (C=O) groups excluding carboxylic acids is 1. The lowest BCUT2D eigenvalue weighted by molar-refractivity contribution is 0.102. The van der Waals surface area contributed by atoms with E-state index in [1.807, 2.05) is 30.3 Å². The van der Waals surface area contributed by atoms with Crippen molar-refractivity contribution >= 4 is 17.3 Å². The molecule has 5 heteroatoms. The van der Waals surface area contributed by atoms with E-state index in [9.17, 15) is 4.79 Å². The Labute approximate surface area is 123 Å². The van der Waals surface area contributed by atoms with Crippen molar-refractivity contribution in [1.82, 2.24) is 4.98 Å². The molecule has 5 nitrogen and oxygen atoms in total. The molecular formula is C16H17N3O2. The van der Waals surface area contributed by atoms with Gasteiger partial charge in [-0.05, 0) is 36.4 Å². The second-order valence-corrected chi connectivity index (χ2v) is 4.84. The number of nitrogens with zero attached hydrogens (tertiary/aromatic N) is 2. The van der Waals surface area contributed by atoms with E-state index < -0.39 is 0 Å². The second kappa shape index (κ2) is 6.37. The third-order valence-corrected chi connectivity index (χ3v) is 3.43. The summed E-state index contributed by atoms with van der Waals surface area (Å²) < 4.78 is 5.34. The number of pyridine rings is 1. The molecule has 1 N–H and O–H groups in total. The monoisotopic (exact) mass is 283 g/mol. The first-order valence-corrected chi connectivity index (χ1v) is 6.97. The highest BCUT2D eigenvalue weighted by molar-refractivity contribution is 6.04. The number of nitrogens with one attached hydrogen (secondary N) is 1. The number of benzene rings is 1. The summed E-state index contributed by atoms with van der Waals surface area (Å²) in [5.74, 6) is -0.128. The van der Waals surface area contributed by atoms with Crippen LogP contribution in [0.15, 0.2) is 48.8 Å². The summed E-state index contributed by atoms with van der Waals surface area (Å²) in [4.78, 5) is 18.4. The van der Waals surface area contributed by atoms with Crippen molar-refractivity contribution in [2.45, 2.75) is 0 Å². The van der Waals surface area contributed by atoms with Gasteiger partial charge < -0.3 is 15.0 Å². The zero-order valence-corrected chi connectivity index (χ0v) is 11.7. The van der Waals surface area contributed by atoms with Crippen LogP contribution >= 0.6 is 0 Å².